The normalized spacial score (nSPS) is 25.1. The number of unbranched alkanes of at least 4 members (excludes halogenated alkanes) is 31. The quantitative estimate of drug-likeness (QED) is 0.0172. The van der Waals surface area contributed by atoms with Gasteiger partial charge in [0.1, 0.15) is 54.9 Å². The minimum Gasteiger partial charge on any atom is -0.457 e. The fourth-order valence-electron chi connectivity index (χ4n) is 9.61. The Balaban J connectivity index is 1.67. The SMILES string of the molecule is CCCCCCC/C=C\C/C=C\CCCCCCCCCCCCCCCC(=O)OC(COCCCCCCCCCCCCCCCC)COC1OC(COC2OC(CO)C(O)C(O)C2O)C(O)C(O)C1O. The van der Waals surface area contributed by atoms with E-state index in [2.05, 4.69) is 38.2 Å². The van der Waals surface area contributed by atoms with Crippen LogP contribution in [0.15, 0.2) is 24.3 Å². The maximum Gasteiger partial charge on any atom is 0.306 e. The van der Waals surface area contributed by atoms with Crippen molar-refractivity contribution in [2.75, 3.05) is 33.0 Å². The second-order valence-corrected chi connectivity index (χ2v) is 21.2. The van der Waals surface area contributed by atoms with Crippen molar-refractivity contribution in [2.45, 2.75) is 313 Å². The van der Waals surface area contributed by atoms with E-state index in [1.54, 1.807) is 0 Å². The van der Waals surface area contributed by atoms with Crippen LogP contribution in [-0.2, 0) is 33.2 Å². The van der Waals surface area contributed by atoms with Crippen LogP contribution in [0.5, 0.6) is 0 Å². The number of carbonyl (C=O) groups excluding carboxylic acids is 1. The van der Waals surface area contributed by atoms with Crippen molar-refractivity contribution in [2.24, 2.45) is 0 Å². The van der Waals surface area contributed by atoms with Crippen LogP contribution in [0.2, 0.25) is 0 Å². The molecule has 2 rings (SSSR count). The van der Waals surface area contributed by atoms with E-state index < -0.39 is 80.7 Å². The Labute approximate surface area is 443 Å². The van der Waals surface area contributed by atoms with Gasteiger partial charge in [0.15, 0.2) is 12.6 Å². The van der Waals surface area contributed by atoms with Crippen molar-refractivity contribution < 1.29 is 69.0 Å². The molecule has 0 saturated carbocycles. The lowest BCUT2D eigenvalue weighted by Gasteiger charge is -2.42. The molecule has 0 spiro atoms. The number of allylic oxidation sites excluding steroid dienone is 4. The molecule has 7 N–H and O–H groups in total. The number of carbonyl (C=O) groups is 1. The maximum absolute atomic E-state index is 13.1. The molecule has 73 heavy (non-hydrogen) atoms. The highest BCUT2D eigenvalue weighted by molar-refractivity contribution is 5.69. The Hall–Kier alpha value is -1.53. The van der Waals surface area contributed by atoms with Crippen LogP contribution in [0.4, 0.5) is 0 Å². The van der Waals surface area contributed by atoms with E-state index in [0.29, 0.717) is 13.0 Å². The molecule has 0 aromatic rings. The molecule has 11 unspecified atom stereocenters. The van der Waals surface area contributed by atoms with Gasteiger partial charge < -0.3 is 64.2 Å². The third-order valence-corrected chi connectivity index (χ3v) is 14.5. The molecule has 0 aromatic heterocycles. The average Bonchev–Trinajstić information content (AvgIpc) is 3.39. The van der Waals surface area contributed by atoms with Gasteiger partial charge in [0, 0.05) is 13.0 Å². The molecule has 0 aliphatic carbocycles. The van der Waals surface area contributed by atoms with Crippen molar-refractivity contribution in [1.29, 1.82) is 0 Å². The molecule has 2 aliphatic rings. The van der Waals surface area contributed by atoms with Gasteiger partial charge in [-0.3, -0.25) is 4.79 Å². The third kappa shape index (κ3) is 33.4. The highest BCUT2D eigenvalue weighted by atomic mass is 16.7. The lowest BCUT2D eigenvalue weighted by molar-refractivity contribution is -0.332. The van der Waals surface area contributed by atoms with Crippen LogP contribution >= 0.6 is 0 Å². The van der Waals surface area contributed by atoms with Gasteiger partial charge in [0.05, 0.1) is 26.4 Å². The summed E-state index contributed by atoms with van der Waals surface area (Å²) < 4.78 is 34.4. The average molecular weight is 1040 g/mol. The zero-order valence-electron chi connectivity index (χ0n) is 46.1. The Morgan fingerprint density at radius 2 is 0.849 bits per heavy atom. The zero-order valence-corrected chi connectivity index (χ0v) is 46.1. The summed E-state index contributed by atoms with van der Waals surface area (Å²) >= 11 is 0. The molecule has 0 aromatic carbocycles. The molecule has 430 valence electrons. The van der Waals surface area contributed by atoms with E-state index in [1.165, 1.54) is 173 Å². The molecule has 14 nitrogen and oxygen atoms in total. The molecule has 11 atom stereocenters. The van der Waals surface area contributed by atoms with Crippen LogP contribution < -0.4 is 0 Å². The van der Waals surface area contributed by atoms with Gasteiger partial charge in [0.25, 0.3) is 0 Å². The summed E-state index contributed by atoms with van der Waals surface area (Å²) in [7, 11) is 0. The molecule has 2 saturated heterocycles. The summed E-state index contributed by atoms with van der Waals surface area (Å²) in [6, 6.07) is 0. The molecule has 2 heterocycles. The van der Waals surface area contributed by atoms with Crippen LogP contribution in [0.25, 0.3) is 0 Å². The van der Waals surface area contributed by atoms with E-state index >= 15 is 0 Å². The fraction of sp³-hybridized carbons (Fsp3) is 0.915. The van der Waals surface area contributed by atoms with Crippen molar-refractivity contribution in [3.63, 3.8) is 0 Å². The number of hydrogen-bond donors (Lipinski definition) is 7. The largest absolute Gasteiger partial charge is 0.457 e. The summed E-state index contributed by atoms with van der Waals surface area (Å²) in [5, 5.41) is 72.3. The first-order chi connectivity index (χ1) is 35.6. The number of aliphatic hydroxyl groups excluding tert-OH is 7. The standard InChI is InChI=1S/C59H110O14/c1-3-5-7-9-11-13-15-17-19-20-21-22-23-24-25-26-27-28-29-30-32-34-36-38-40-42-51(61)71-48(45-68-43-41-39-37-35-33-31-18-16-14-12-10-8-6-4-2)46-69-58-57(67)55(65)53(63)50(73-58)47-70-59-56(66)54(64)52(62)49(44-60)72-59/h15,17,20-21,48-50,52-60,62-67H,3-14,16,18-19,22-47H2,1-2H3/b17-15-,21-20-. The van der Waals surface area contributed by atoms with E-state index in [1.807, 2.05) is 0 Å². The predicted molar refractivity (Wildman–Crippen MR) is 289 cm³/mol. The molecule has 0 bridgehead atoms. The molecular formula is C59H110O14. The van der Waals surface area contributed by atoms with Gasteiger partial charge in [-0.25, -0.2) is 0 Å². The molecule has 0 amide bonds. The molecule has 14 heteroatoms. The Kier molecular flexibility index (Phi) is 43.1. The minimum absolute atomic E-state index is 0.0665. The number of ether oxygens (including phenoxy) is 6. The second kappa shape index (κ2) is 46.6. The van der Waals surface area contributed by atoms with Gasteiger partial charge in [-0.2, -0.15) is 0 Å². The van der Waals surface area contributed by atoms with Crippen molar-refractivity contribution in [3.8, 4) is 0 Å². The van der Waals surface area contributed by atoms with Crippen LogP contribution in [0.1, 0.15) is 245 Å². The van der Waals surface area contributed by atoms with Gasteiger partial charge in [-0.15, -0.1) is 0 Å². The first-order valence-electron chi connectivity index (χ1n) is 29.9. The molecule has 2 aliphatic heterocycles. The maximum atomic E-state index is 13.1. The fourth-order valence-corrected chi connectivity index (χ4v) is 9.61. The summed E-state index contributed by atoms with van der Waals surface area (Å²) in [6.45, 7) is 3.73. The smallest absolute Gasteiger partial charge is 0.306 e. The number of hydrogen-bond acceptors (Lipinski definition) is 14. The highest BCUT2D eigenvalue weighted by Crippen LogP contribution is 2.27. The van der Waals surface area contributed by atoms with E-state index in [0.717, 1.165) is 44.9 Å². The lowest BCUT2D eigenvalue weighted by Crippen LogP contribution is -2.61. The van der Waals surface area contributed by atoms with Crippen LogP contribution in [0.3, 0.4) is 0 Å². The van der Waals surface area contributed by atoms with Gasteiger partial charge >= 0.3 is 5.97 Å². The Morgan fingerprint density at radius 3 is 1.32 bits per heavy atom. The summed E-state index contributed by atoms with van der Waals surface area (Å²) in [4.78, 5) is 13.1. The van der Waals surface area contributed by atoms with Gasteiger partial charge in [0.2, 0.25) is 0 Å². The van der Waals surface area contributed by atoms with Crippen molar-refractivity contribution in [3.05, 3.63) is 24.3 Å². The molecule has 2 fully saturated rings. The summed E-state index contributed by atoms with van der Waals surface area (Å²) in [5.41, 5.74) is 0. The molecule has 0 radical (unpaired) electrons. The minimum atomic E-state index is -1.70. The lowest BCUT2D eigenvalue weighted by atomic mass is 9.98. The monoisotopic (exact) mass is 1040 g/mol. The topological polar surface area (TPSA) is 214 Å². The van der Waals surface area contributed by atoms with E-state index in [9.17, 15) is 40.5 Å². The van der Waals surface area contributed by atoms with Crippen molar-refractivity contribution in [1.82, 2.24) is 0 Å². The first-order valence-corrected chi connectivity index (χ1v) is 29.9. The van der Waals surface area contributed by atoms with Crippen molar-refractivity contribution >= 4 is 5.97 Å². The van der Waals surface area contributed by atoms with Crippen LogP contribution in [0, 0.1) is 0 Å². The number of esters is 1. The van der Waals surface area contributed by atoms with E-state index in [-0.39, 0.29) is 25.6 Å². The third-order valence-electron chi connectivity index (χ3n) is 14.5. The summed E-state index contributed by atoms with van der Waals surface area (Å²) in [5.74, 6) is -0.372. The predicted octanol–water partition coefficient (Wildman–Crippen LogP) is 10.8. The second-order valence-electron chi connectivity index (χ2n) is 21.2. The van der Waals surface area contributed by atoms with Crippen LogP contribution in [-0.4, -0.2) is 142 Å². The van der Waals surface area contributed by atoms with Gasteiger partial charge in [-0.05, 0) is 44.9 Å². The highest BCUT2D eigenvalue weighted by Gasteiger charge is 2.47. The number of rotatable bonds is 49. The molecular weight excluding hydrogens is 933 g/mol. The van der Waals surface area contributed by atoms with Gasteiger partial charge in [-0.1, -0.05) is 218 Å². The number of aliphatic hydroxyl groups is 7. The summed E-state index contributed by atoms with van der Waals surface area (Å²) in [6.07, 6.45) is 36.7. The Morgan fingerprint density at radius 1 is 0.452 bits per heavy atom. The van der Waals surface area contributed by atoms with E-state index in [4.69, 9.17) is 28.4 Å². The first kappa shape index (κ1) is 67.6. The Bertz CT molecular complexity index is 1300. The zero-order chi connectivity index (χ0) is 53.0.